The summed E-state index contributed by atoms with van der Waals surface area (Å²) in [6.45, 7) is 3.69. The maximum absolute atomic E-state index is 9.76. The molecule has 0 radical (unpaired) electrons. The van der Waals surface area contributed by atoms with Crippen molar-refractivity contribution in [2.45, 2.75) is 56.4 Å². The first-order chi connectivity index (χ1) is 8.52. The van der Waals surface area contributed by atoms with Crippen LogP contribution in [0.2, 0.25) is 0 Å². The van der Waals surface area contributed by atoms with Gasteiger partial charge in [-0.3, -0.25) is 0 Å². The van der Waals surface area contributed by atoms with Crippen LogP contribution in [0.4, 0.5) is 0 Å². The molecule has 0 aromatic carbocycles. The van der Waals surface area contributed by atoms with Gasteiger partial charge in [-0.1, -0.05) is 5.11 Å². The van der Waals surface area contributed by atoms with Gasteiger partial charge in [0.05, 0.1) is 18.8 Å². The fourth-order valence-electron chi connectivity index (χ4n) is 2.70. The molecule has 8 nitrogen and oxygen atoms in total. The predicted octanol–water partition coefficient (Wildman–Crippen LogP) is 0.301. The average molecular weight is 257 g/mol. The highest BCUT2D eigenvalue weighted by Gasteiger charge is 2.59. The topological polar surface area (TPSA) is 106 Å². The van der Waals surface area contributed by atoms with Crippen molar-refractivity contribution >= 4 is 0 Å². The third kappa shape index (κ3) is 1.78. The van der Waals surface area contributed by atoms with E-state index in [1.165, 1.54) is 0 Å². The van der Waals surface area contributed by atoms with Crippen molar-refractivity contribution in [1.82, 2.24) is 0 Å². The molecule has 8 heteroatoms. The summed E-state index contributed by atoms with van der Waals surface area (Å²) in [6.07, 6.45) is -2.68. The van der Waals surface area contributed by atoms with Gasteiger partial charge in [0.15, 0.2) is 12.1 Å². The second-order valence-corrected chi connectivity index (χ2v) is 5.13. The van der Waals surface area contributed by atoms with Gasteiger partial charge in [-0.05, 0) is 19.4 Å². The van der Waals surface area contributed by atoms with E-state index in [4.69, 9.17) is 24.5 Å². The van der Waals surface area contributed by atoms with Crippen molar-refractivity contribution in [3.05, 3.63) is 10.4 Å². The van der Waals surface area contributed by atoms with Gasteiger partial charge in [0.1, 0.15) is 18.3 Å². The molecule has 3 heterocycles. The van der Waals surface area contributed by atoms with Crippen LogP contribution in [-0.4, -0.2) is 54.2 Å². The Morgan fingerprint density at radius 1 is 1.28 bits per heavy atom. The first-order valence-corrected chi connectivity index (χ1v) is 5.87. The summed E-state index contributed by atoms with van der Waals surface area (Å²) in [4.78, 5) is 2.74. The third-order valence-corrected chi connectivity index (χ3v) is 3.40. The van der Waals surface area contributed by atoms with Crippen LogP contribution in [0, 0.1) is 0 Å². The van der Waals surface area contributed by atoms with Crippen LogP contribution in [0.15, 0.2) is 5.11 Å². The number of aliphatic hydroxyl groups excluding tert-OH is 1. The van der Waals surface area contributed by atoms with Crippen molar-refractivity contribution in [3.8, 4) is 0 Å². The number of ether oxygens (including phenoxy) is 4. The lowest BCUT2D eigenvalue weighted by Crippen LogP contribution is -2.53. The monoisotopic (exact) mass is 257 g/mol. The molecule has 6 atom stereocenters. The molecule has 3 fully saturated rings. The minimum atomic E-state index is -0.867. The molecular weight excluding hydrogens is 242 g/mol. The maximum atomic E-state index is 9.76. The van der Waals surface area contributed by atoms with E-state index in [9.17, 15) is 5.11 Å². The summed E-state index contributed by atoms with van der Waals surface area (Å²) in [5.74, 6) is -0.715. The molecular formula is C10H15N3O5. The maximum Gasteiger partial charge on any atom is 0.190 e. The van der Waals surface area contributed by atoms with E-state index in [-0.39, 0.29) is 18.8 Å². The summed E-state index contributed by atoms with van der Waals surface area (Å²) < 4.78 is 22.5. The SMILES string of the molecule is CC1(C)O[C@H]2O[C@@H]3[C@H](N=[N+]=[N-])[C@@H](O)CO[C@H]3[C@H]2O1. The second kappa shape index (κ2) is 4.06. The molecule has 0 unspecified atom stereocenters. The number of hydrogen-bond acceptors (Lipinski definition) is 6. The molecule has 0 aromatic heterocycles. The van der Waals surface area contributed by atoms with Gasteiger partial charge in [0.2, 0.25) is 0 Å². The van der Waals surface area contributed by atoms with E-state index < -0.39 is 30.3 Å². The first kappa shape index (κ1) is 12.2. The zero-order valence-corrected chi connectivity index (χ0v) is 10.1. The summed E-state index contributed by atoms with van der Waals surface area (Å²) in [6, 6.07) is -0.672. The third-order valence-electron chi connectivity index (χ3n) is 3.40. The van der Waals surface area contributed by atoms with Crippen LogP contribution < -0.4 is 0 Å². The second-order valence-electron chi connectivity index (χ2n) is 5.13. The summed E-state index contributed by atoms with van der Waals surface area (Å²) >= 11 is 0. The fraction of sp³-hybridized carbons (Fsp3) is 1.00. The molecule has 0 bridgehead atoms. The lowest BCUT2D eigenvalue weighted by Gasteiger charge is -2.35. The van der Waals surface area contributed by atoms with Crippen molar-refractivity contribution in [2.75, 3.05) is 6.61 Å². The highest BCUT2D eigenvalue weighted by Crippen LogP contribution is 2.42. The predicted molar refractivity (Wildman–Crippen MR) is 57.4 cm³/mol. The molecule has 0 spiro atoms. The van der Waals surface area contributed by atoms with Gasteiger partial charge in [-0.25, -0.2) is 0 Å². The van der Waals surface area contributed by atoms with Crippen molar-refractivity contribution < 1.29 is 24.1 Å². The van der Waals surface area contributed by atoms with Crippen LogP contribution in [0.5, 0.6) is 0 Å². The number of nitrogens with zero attached hydrogens (tertiary/aromatic N) is 3. The Morgan fingerprint density at radius 3 is 2.78 bits per heavy atom. The van der Waals surface area contributed by atoms with E-state index in [0.717, 1.165) is 0 Å². The molecule has 3 aliphatic heterocycles. The minimum absolute atomic E-state index is 0.0984. The van der Waals surface area contributed by atoms with Crippen LogP contribution >= 0.6 is 0 Å². The lowest BCUT2D eigenvalue weighted by molar-refractivity contribution is -0.235. The van der Waals surface area contributed by atoms with Gasteiger partial charge in [0.25, 0.3) is 0 Å². The van der Waals surface area contributed by atoms with Gasteiger partial charge >= 0.3 is 0 Å². The highest BCUT2D eigenvalue weighted by atomic mass is 16.8. The van der Waals surface area contributed by atoms with Gasteiger partial charge < -0.3 is 24.1 Å². The van der Waals surface area contributed by atoms with Gasteiger partial charge in [-0.2, -0.15) is 0 Å². The number of aliphatic hydroxyl groups is 1. The van der Waals surface area contributed by atoms with E-state index in [1.807, 2.05) is 0 Å². The normalized spacial score (nSPS) is 49.3. The smallest absolute Gasteiger partial charge is 0.190 e. The molecule has 3 aliphatic rings. The Kier molecular flexibility index (Phi) is 2.74. The van der Waals surface area contributed by atoms with Gasteiger partial charge in [0, 0.05) is 4.91 Å². The lowest BCUT2D eigenvalue weighted by atomic mass is 9.97. The van der Waals surface area contributed by atoms with Crippen LogP contribution in [0.25, 0.3) is 10.4 Å². The number of azide groups is 1. The van der Waals surface area contributed by atoms with Crippen molar-refractivity contribution in [1.29, 1.82) is 0 Å². The van der Waals surface area contributed by atoms with Gasteiger partial charge in [-0.15, -0.1) is 0 Å². The highest BCUT2D eigenvalue weighted by molar-refractivity contribution is 5.03. The van der Waals surface area contributed by atoms with Crippen molar-refractivity contribution in [2.24, 2.45) is 5.11 Å². The molecule has 100 valence electrons. The van der Waals surface area contributed by atoms with Crippen LogP contribution in [-0.2, 0) is 18.9 Å². The zero-order chi connectivity index (χ0) is 12.9. The first-order valence-electron chi connectivity index (χ1n) is 5.87. The summed E-state index contributed by atoms with van der Waals surface area (Å²) in [5, 5.41) is 13.3. The Labute approximate surface area is 103 Å². The van der Waals surface area contributed by atoms with E-state index >= 15 is 0 Å². The van der Waals surface area contributed by atoms with E-state index in [0.29, 0.717) is 0 Å². The number of hydrogen-bond donors (Lipinski definition) is 1. The molecule has 18 heavy (non-hydrogen) atoms. The molecule has 0 saturated carbocycles. The van der Waals surface area contributed by atoms with Crippen LogP contribution in [0.1, 0.15) is 13.8 Å². The quantitative estimate of drug-likeness (QED) is 0.413. The molecule has 0 aromatic rings. The standard InChI is InChI=1S/C10H15N3O5/c1-10(2)17-8-7-6(16-9(8)18-10)5(12-13-11)4(14)3-15-7/h4-9,14H,3H2,1-2H3/t4-,5+,6+,7+,8+,9+/m0/s1. The average Bonchev–Trinajstić information content (AvgIpc) is 2.74. The minimum Gasteiger partial charge on any atom is -0.390 e. The number of fused-ring (bicyclic) bond motifs is 3. The fourth-order valence-corrected chi connectivity index (χ4v) is 2.70. The van der Waals surface area contributed by atoms with Crippen molar-refractivity contribution in [3.63, 3.8) is 0 Å². The Morgan fingerprint density at radius 2 is 2.06 bits per heavy atom. The molecule has 3 rings (SSSR count). The summed E-state index contributed by atoms with van der Waals surface area (Å²) in [7, 11) is 0. The molecule has 0 amide bonds. The van der Waals surface area contributed by atoms with Crippen LogP contribution in [0.3, 0.4) is 0 Å². The Hall–Kier alpha value is -0.890. The largest absolute Gasteiger partial charge is 0.390 e. The molecule has 1 N–H and O–H groups in total. The zero-order valence-electron chi connectivity index (χ0n) is 10.1. The summed E-state index contributed by atoms with van der Waals surface area (Å²) in [5.41, 5.74) is 8.53. The Bertz CT molecular complexity index is 397. The van der Waals surface area contributed by atoms with E-state index in [2.05, 4.69) is 10.0 Å². The van der Waals surface area contributed by atoms with E-state index in [1.54, 1.807) is 13.8 Å². The Balaban J connectivity index is 1.82. The molecule has 3 saturated heterocycles. The number of rotatable bonds is 1. The molecule has 0 aliphatic carbocycles.